The van der Waals surface area contributed by atoms with Gasteiger partial charge in [0.25, 0.3) is 5.56 Å². The molecule has 7 heteroatoms. The predicted octanol–water partition coefficient (Wildman–Crippen LogP) is 1.67. The highest BCUT2D eigenvalue weighted by molar-refractivity contribution is 6.01. The van der Waals surface area contributed by atoms with Crippen LogP contribution in [0.25, 0.3) is 0 Å². The first-order chi connectivity index (χ1) is 12.9. The molecule has 1 aromatic heterocycles. The number of amides is 2. The number of nitrogens with zero attached hydrogens (tertiary/aromatic N) is 1. The zero-order valence-corrected chi connectivity index (χ0v) is 15.7. The Hall–Kier alpha value is -3.09. The van der Waals surface area contributed by atoms with E-state index >= 15 is 0 Å². The van der Waals surface area contributed by atoms with Crippen LogP contribution in [0, 0.1) is 19.8 Å². The summed E-state index contributed by atoms with van der Waals surface area (Å²) >= 11 is 0. The van der Waals surface area contributed by atoms with E-state index in [1.54, 1.807) is 24.1 Å². The molecular weight excluding hydrogens is 346 g/mol. The minimum absolute atomic E-state index is 0.121. The van der Waals surface area contributed by atoms with Crippen LogP contribution in [-0.4, -0.2) is 30.5 Å². The molecule has 1 atom stereocenters. The number of ether oxygens (including phenoxy) is 1. The second-order valence-electron chi connectivity index (χ2n) is 6.74. The third-order valence-electron chi connectivity index (χ3n) is 4.80. The molecule has 0 bridgehead atoms. The van der Waals surface area contributed by atoms with Crippen LogP contribution in [0.5, 0.6) is 5.75 Å². The maximum atomic E-state index is 12.6. The van der Waals surface area contributed by atoms with E-state index in [-0.39, 0.29) is 36.9 Å². The summed E-state index contributed by atoms with van der Waals surface area (Å²) in [6.45, 7) is 4.08. The molecule has 0 radical (unpaired) electrons. The molecule has 2 N–H and O–H groups in total. The molecule has 1 aliphatic heterocycles. The van der Waals surface area contributed by atoms with Crippen molar-refractivity contribution in [3.8, 4) is 5.75 Å². The molecule has 1 fully saturated rings. The molecule has 3 rings (SSSR count). The van der Waals surface area contributed by atoms with Crippen molar-refractivity contribution in [3.63, 3.8) is 0 Å². The summed E-state index contributed by atoms with van der Waals surface area (Å²) in [5, 5.41) is 2.79. The van der Waals surface area contributed by atoms with Crippen molar-refractivity contribution in [3.05, 3.63) is 57.5 Å². The van der Waals surface area contributed by atoms with Crippen molar-refractivity contribution in [2.75, 3.05) is 18.6 Å². The Bertz CT molecular complexity index is 935. The van der Waals surface area contributed by atoms with E-state index in [0.717, 1.165) is 11.3 Å². The monoisotopic (exact) mass is 369 g/mol. The fraction of sp³-hybridized carbons (Fsp3) is 0.350. The molecule has 0 aliphatic carbocycles. The van der Waals surface area contributed by atoms with Gasteiger partial charge in [0.1, 0.15) is 5.75 Å². The molecule has 1 aliphatic rings. The Morgan fingerprint density at radius 3 is 2.74 bits per heavy atom. The van der Waals surface area contributed by atoms with E-state index in [0.29, 0.717) is 17.0 Å². The van der Waals surface area contributed by atoms with E-state index in [9.17, 15) is 14.4 Å². The predicted molar refractivity (Wildman–Crippen MR) is 102 cm³/mol. The van der Waals surface area contributed by atoms with Crippen LogP contribution in [-0.2, 0) is 16.1 Å². The standard InChI is InChI=1S/C20H23N3O4/c1-12-8-13(2)22-20(26)15(12)10-21-19(25)14-9-18(24)23(11-14)16-6-4-5-7-17(16)27-3/h4-8,14H,9-11H2,1-3H3,(H,21,25)(H,22,26)/t14-/m0/s1. The molecule has 1 saturated heterocycles. The van der Waals surface area contributed by atoms with Crippen molar-refractivity contribution in [1.29, 1.82) is 0 Å². The highest BCUT2D eigenvalue weighted by Crippen LogP contribution is 2.32. The Kier molecular flexibility index (Phi) is 5.30. The molecule has 0 unspecified atom stereocenters. The number of pyridine rings is 1. The lowest BCUT2D eigenvalue weighted by molar-refractivity contribution is -0.126. The van der Waals surface area contributed by atoms with Crippen molar-refractivity contribution >= 4 is 17.5 Å². The highest BCUT2D eigenvalue weighted by Gasteiger charge is 2.36. The van der Waals surface area contributed by atoms with Gasteiger partial charge in [-0.1, -0.05) is 12.1 Å². The summed E-state index contributed by atoms with van der Waals surface area (Å²) in [4.78, 5) is 41.4. The zero-order valence-electron chi connectivity index (χ0n) is 15.7. The highest BCUT2D eigenvalue weighted by atomic mass is 16.5. The molecule has 0 saturated carbocycles. The Balaban J connectivity index is 1.69. The molecule has 2 heterocycles. The number of carbonyl (C=O) groups is 2. The number of aromatic amines is 1. The minimum atomic E-state index is -0.466. The van der Waals surface area contributed by atoms with Gasteiger partial charge in [0, 0.05) is 30.8 Å². The number of benzene rings is 1. The number of hydrogen-bond acceptors (Lipinski definition) is 4. The smallest absolute Gasteiger partial charge is 0.253 e. The SMILES string of the molecule is COc1ccccc1N1C[C@@H](C(=O)NCc2c(C)cc(C)[nH]c2=O)CC1=O. The van der Waals surface area contributed by atoms with Crippen LogP contribution in [0.3, 0.4) is 0 Å². The normalized spacial score (nSPS) is 16.5. The van der Waals surface area contributed by atoms with Crippen molar-refractivity contribution in [2.24, 2.45) is 5.92 Å². The second kappa shape index (κ2) is 7.65. The molecule has 27 heavy (non-hydrogen) atoms. The molecule has 142 valence electrons. The molecule has 0 spiro atoms. The fourth-order valence-electron chi connectivity index (χ4n) is 3.39. The van der Waals surface area contributed by atoms with Gasteiger partial charge in [0.15, 0.2) is 0 Å². The first kappa shape index (κ1) is 18.7. The van der Waals surface area contributed by atoms with E-state index in [4.69, 9.17) is 4.74 Å². The minimum Gasteiger partial charge on any atom is -0.495 e. The summed E-state index contributed by atoms with van der Waals surface area (Å²) in [5.74, 6) is -0.231. The van der Waals surface area contributed by atoms with Gasteiger partial charge in [-0.05, 0) is 37.6 Å². The number of para-hydroxylation sites is 2. The number of hydrogen-bond donors (Lipinski definition) is 2. The van der Waals surface area contributed by atoms with Crippen molar-refractivity contribution in [2.45, 2.75) is 26.8 Å². The number of aryl methyl sites for hydroxylation is 2. The lowest BCUT2D eigenvalue weighted by Gasteiger charge is -2.19. The average Bonchev–Trinajstić information content (AvgIpc) is 3.02. The molecule has 1 aromatic carbocycles. The fourth-order valence-corrected chi connectivity index (χ4v) is 3.39. The number of rotatable bonds is 5. The summed E-state index contributed by atoms with van der Waals surface area (Å²) < 4.78 is 5.31. The van der Waals surface area contributed by atoms with Crippen molar-refractivity contribution < 1.29 is 14.3 Å². The topological polar surface area (TPSA) is 91.5 Å². The van der Waals surface area contributed by atoms with E-state index in [1.165, 1.54) is 0 Å². The molecule has 2 amide bonds. The number of H-pyrrole nitrogens is 1. The second-order valence-corrected chi connectivity index (χ2v) is 6.74. The lowest BCUT2D eigenvalue weighted by Crippen LogP contribution is -2.34. The summed E-state index contributed by atoms with van der Waals surface area (Å²) in [5.41, 5.74) is 2.59. The Labute approximate surface area is 157 Å². The van der Waals surface area contributed by atoms with E-state index in [2.05, 4.69) is 10.3 Å². The van der Waals surface area contributed by atoms with Crippen LogP contribution in [0.2, 0.25) is 0 Å². The van der Waals surface area contributed by atoms with Crippen LogP contribution in [0.4, 0.5) is 5.69 Å². The Morgan fingerprint density at radius 1 is 1.30 bits per heavy atom. The van der Waals surface area contributed by atoms with E-state index in [1.807, 2.05) is 32.0 Å². The first-order valence-electron chi connectivity index (χ1n) is 8.81. The van der Waals surface area contributed by atoms with E-state index < -0.39 is 5.92 Å². The number of anilines is 1. The molecular formula is C20H23N3O4. The maximum absolute atomic E-state index is 12.6. The summed E-state index contributed by atoms with van der Waals surface area (Å²) in [7, 11) is 1.55. The Morgan fingerprint density at radius 2 is 2.04 bits per heavy atom. The number of aromatic nitrogens is 1. The third kappa shape index (κ3) is 3.86. The van der Waals surface area contributed by atoms with Gasteiger partial charge in [0.2, 0.25) is 11.8 Å². The van der Waals surface area contributed by atoms with Gasteiger partial charge in [-0.3, -0.25) is 14.4 Å². The third-order valence-corrected chi connectivity index (χ3v) is 4.80. The van der Waals surface area contributed by atoms with Crippen LogP contribution >= 0.6 is 0 Å². The summed E-state index contributed by atoms with van der Waals surface area (Å²) in [6, 6.07) is 9.10. The van der Waals surface area contributed by atoms with Gasteiger partial charge in [-0.2, -0.15) is 0 Å². The number of carbonyl (C=O) groups excluding carboxylic acids is 2. The molecule has 7 nitrogen and oxygen atoms in total. The van der Waals surface area contributed by atoms with Gasteiger partial charge >= 0.3 is 0 Å². The average molecular weight is 369 g/mol. The van der Waals surface area contributed by atoms with Gasteiger partial charge in [-0.25, -0.2) is 0 Å². The van der Waals surface area contributed by atoms with Gasteiger partial charge < -0.3 is 19.9 Å². The largest absolute Gasteiger partial charge is 0.495 e. The molecule has 2 aromatic rings. The number of nitrogens with one attached hydrogen (secondary N) is 2. The lowest BCUT2D eigenvalue weighted by atomic mass is 10.1. The van der Waals surface area contributed by atoms with Crippen LogP contribution in [0.1, 0.15) is 23.2 Å². The van der Waals surface area contributed by atoms with Crippen LogP contribution < -0.4 is 20.5 Å². The quantitative estimate of drug-likeness (QED) is 0.839. The first-order valence-corrected chi connectivity index (χ1v) is 8.81. The van der Waals surface area contributed by atoms with Crippen molar-refractivity contribution in [1.82, 2.24) is 10.3 Å². The summed E-state index contributed by atoms with van der Waals surface area (Å²) in [6.07, 6.45) is 0.132. The number of methoxy groups -OCH3 is 1. The van der Waals surface area contributed by atoms with Crippen LogP contribution in [0.15, 0.2) is 35.1 Å². The zero-order chi connectivity index (χ0) is 19.6. The van der Waals surface area contributed by atoms with Gasteiger partial charge in [-0.15, -0.1) is 0 Å². The van der Waals surface area contributed by atoms with Gasteiger partial charge in [0.05, 0.1) is 18.7 Å². The maximum Gasteiger partial charge on any atom is 0.253 e.